The van der Waals surface area contributed by atoms with Gasteiger partial charge in [0.25, 0.3) is 0 Å². The molecule has 0 saturated carbocycles. The molecule has 1 rings (SSSR count). The van der Waals surface area contributed by atoms with Crippen molar-refractivity contribution in [1.82, 2.24) is 9.97 Å². The zero-order chi connectivity index (χ0) is 10.6. The van der Waals surface area contributed by atoms with Crippen LogP contribution in [-0.4, -0.2) is 23.1 Å². The molecule has 0 radical (unpaired) electrons. The maximum Gasteiger partial charge on any atom is 0.318 e. The van der Waals surface area contributed by atoms with Gasteiger partial charge in [-0.15, -0.1) is 6.42 Å². The molecule has 0 fully saturated rings. The normalized spacial score (nSPS) is 11.6. The number of ether oxygens (including phenoxy) is 1. The third-order valence-electron chi connectivity index (χ3n) is 1.51. The summed E-state index contributed by atoms with van der Waals surface area (Å²) in [6.07, 6.45) is 6.67. The number of halogens is 1. The Kier molecular flexibility index (Phi) is 3.55. The molecule has 5 heteroatoms. The van der Waals surface area contributed by atoms with E-state index in [0.29, 0.717) is 10.8 Å². The summed E-state index contributed by atoms with van der Waals surface area (Å²) in [4.78, 5) is 7.84. The Balaban J connectivity index is 2.90. The zero-order valence-electron chi connectivity index (χ0n) is 7.91. The lowest BCUT2D eigenvalue weighted by atomic mass is 10.3. The molecular formula is C9H10ClN3O. The van der Waals surface area contributed by atoms with E-state index in [2.05, 4.69) is 21.2 Å². The average Bonchev–Trinajstić information content (AvgIpc) is 2.21. The maximum absolute atomic E-state index is 5.84. The molecule has 1 aromatic rings. The summed E-state index contributed by atoms with van der Waals surface area (Å²) in [5.74, 6) is 2.98. The van der Waals surface area contributed by atoms with Gasteiger partial charge in [-0.2, -0.15) is 4.98 Å². The number of hydrogen-bond donors (Lipinski definition) is 1. The molecule has 0 aliphatic rings. The molecule has 0 aromatic carbocycles. The van der Waals surface area contributed by atoms with Crippen molar-refractivity contribution in [2.24, 2.45) is 0 Å². The number of nitrogens with one attached hydrogen (secondary N) is 1. The molecule has 0 bridgehead atoms. The number of rotatable bonds is 3. The van der Waals surface area contributed by atoms with Crippen molar-refractivity contribution in [3.8, 4) is 18.4 Å². The lowest BCUT2D eigenvalue weighted by Crippen LogP contribution is -2.14. The van der Waals surface area contributed by atoms with E-state index in [1.54, 1.807) is 0 Å². The molecule has 0 aliphatic carbocycles. The van der Waals surface area contributed by atoms with Crippen LogP contribution in [0.2, 0.25) is 5.02 Å². The quantitative estimate of drug-likeness (QED) is 0.772. The predicted octanol–water partition coefficient (Wildman–Crippen LogP) is 1.57. The molecule has 74 valence electrons. The van der Waals surface area contributed by atoms with Crippen molar-refractivity contribution in [3.05, 3.63) is 11.2 Å². The molecular weight excluding hydrogens is 202 g/mol. The third kappa shape index (κ3) is 2.51. The van der Waals surface area contributed by atoms with Gasteiger partial charge in [0.05, 0.1) is 19.3 Å². The van der Waals surface area contributed by atoms with E-state index in [9.17, 15) is 0 Å². The fourth-order valence-corrected chi connectivity index (χ4v) is 0.943. The summed E-state index contributed by atoms with van der Waals surface area (Å²) in [6.45, 7) is 1.82. The van der Waals surface area contributed by atoms with Crippen molar-refractivity contribution >= 4 is 17.4 Å². The van der Waals surface area contributed by atoms with E-state index >= 15 is 0 Å². The van der Waals surface area contributed by atoms with Crippen molar-refractivity contribution in [3.63, 3.8) is 0 Å². The van der Waals surface area contributed by atoms with Gasteiger partial charge >= 0.3 is 6.01 Å². The average molecular weight is 212 g/mol. The zero-order valence-corrected chi connectivity index (χ0v) is 8.67. The van der Waals surface area contributed by atoms with Crippen LogP contribution in [0, 0.1) is 12.3 Å². The first-order valence-electron chi connectivity index (χ1n) is 3.96. The van der Waals surface area contributed by atoms with Gasteiger partial charge in [0.15, 0.2) is 5.82 Å². The van der Waals surface area contributed by atoms with Crippen LogP contribution < -0.4 is 10.1 Å². The van der Waals surface area contributed by atoms with Gasteiger partial charge in [0.2, 0.25) is 0 Å². The molecule has 4 nitrogen and oxygen atoms in total. The lowest BCUT2D eigenvalue weighted by Gasteiger charge is -2.09. The van der Waals surface area contributed by atoms with E-state index in [0.717, 1.165) is 0 Å². The van der Waals surface area contributed by atoms with Gasteiger partial charge in [0, 0.05) is 0 Å². The second-order valence-electron chi connectivity index (χ2n) is 2.59. The van der Waals surface area contributed by atoms with Gasteiger partial charge < -0.3 is 10.1 Å². The minimum Gasteiger partial charge on any atom is -0.467 e. The van der Waals surface area contributed by atoms with Gasteiger partial charge in [-0.05, 0) is 6.92 Å². The number of aromatic nitrogens is 2. The molecule has 0 amide bonds. The summed E-state index contributed by atoms with van der Waals surface area (Å²) >= 11 is 5.84. The number of hydrogen-bond acceptors (Lipinski definition) is 4. The fraction of sp³-hybridized carbons (Fsp3) is 0.333. The van der Waals surface area contributed by atoms with E-state index in [1.165, 1.54) is 13.3 Å². The Morgan fingerprint density at radius 2 is 2.43 bits per heavy atom. The van der Waals surface area contributed by atoms with Gasteiger partial charge in [-0.3, -0.25) is 0 Å². The van der Waals surface area contributed by atoms with Crippen LogP contribution in [0.25, 0.3) is 0 Å². The topological polar surface area (TPSA) is 47.0 Å². The molecule has 1 aromatic heterocycles. The molecule has 0 spiro atoms. The summed E-state index contributed by atoms with van der Waals surface area (Å²) in [6, 6.07) is 0.105. The van der Waals surface area contributed by atoms with E-state index in [-0.39, 0.29) is 12.1 Å². The Morgan fingerprint density at radius 1 is 1.71 bits per heavy atom. The molecule has 0 saturated heterocycles. The molecule has 0 aliphatic heterocycles. The first-order chi connectivity index (χ1) is 6.67. The van der Waals surface area contributed by atoms with Crippen molar-refractivity contribution in [1.29, 1.82) is 0 Å². The van der Waals surface area contributed by atoms with Crippen LogP contribution in [0.4, 0.5) is 5.82 Å². The first kappa shape index (κ1) is 10.6. The van der Waals surface area contributed by atoms with E-state index in [4.69, 9.17) is 22.8 Å². The summed E-state index contributed by atoms with van der Waals surface area (Å²) < 4.78 is 4.85. The SMILES string of the molecule is C#CC(C)Nc1nc(OC)ncc1Cl. The smallest absolute Gasteiger partial charge is 0.318 e. The van der Waals surface area contributed by atoms with Crippen molar-refractivity contribution in [2.45, 2.75) is 13.0 Å². The Morgan fingerprint density at radius 3 is 3.00 bits per heavy atom. The third-order valence-corrected chi connectivity index (χ3v) is 1.78. The van der Waals surface area contributed by atoms with Crippen molar-refractivity contribution in [2.75, 3.05) is 12.4 Å². The Labute approximate surface area is 87.7 Å². The molecule has 1 heterocycles. The highest BCUT2D eigenvalue weighted by Crippen LogP contribution is 2.20. The van der Waals surface area contributed by atoms with Crippen LogP contribution in [0.15, 0.2) is 6.20 Å². The number of nitrogens with zero attached hydrogens (tertiary/aromatic N) is 2. The summed E-state index contributed by atoms with van der Waals surface area (Å²) in [7, 11) is 1.48. The highest BCUT2D eigenvalue weighted by atomic mass is 35.5. The maximum atomic E-state index is 5.84. The number of terminal acetylenes is 1. The number of methoxy groups -OCH3 is 1. The molecule has 1 N–H and O–H groups in total. The van der Waals surface area contributed by atoms with Crippen LogP contribution >= 0.6 is 11.6 Å². The largest absolute Gasteiger partial charge is 0.467 e. The monoisotopic (exact) mass is 211 g/mol. The van der Waals surface area contributed by atoms with Crippen LogP contribution in [0.5, 0.6) is 6.01 Å². The Hall–Kier alpha value is -1.47. The van der Waals surface area contributed by atoms with E-state index in [1.807, 2.05) is 6.92 Å². The predicted molar refractivity (Wildman–Crippen MR) is 55.5 cm³/mol. The second kappa shape index (κ2) is 4.68. The second-order valence-corrected chi connectivity index (χ2v) is 2.99. The standard InChI is InChI=1S/C9H10ClN3O/c1-4-6(2)12-8-7(10)5-11-9(13-8)14-3/h1,5-6H,2-3H3,(H,11,12,13). The highest BCUT2D eigenvalue weighted by molar-refractivity contribution is 6.32. The van der Waals surface area contributed by atoms with E-state index < -0.39 is 0 Å². The minimum atomic E-state index is -0.146. The number of anilines is 1. The first-order valence-corrected chi connectivity index (χ1v) is 4.34. The highest BCUT2D eigenvalue weighted by Gasteiger charge is 2.06. The van der Waals surface area contributed by atoms with Crippen molar-refractivity contribution < 1.29 is 4.74 Å². The van der Waals surface area contributed by atoms with Gasteiger partial charge in [-0.25, -0.2) is 4.98 Å². The van der Waals surface area contributed by atoms with Crippen LogP contribution in [-0.2, 0) is 0 Å². The molecule has 1 atom stereocenters. The van der Waals surface area contributed by atoms with Gasteiger partial charge in [0.1, 0.15) is 5.02 Å². The van der Waals surface area contributed by atoms with Crippen LogP contribution in [0.3, 0.4) is 0 Å². The lowest BCUT2D eigenvalue weighted by molar-refractivity contribution is 0.380. The summed E-state index contributed by atoms with van der Waals surface area (Å²) in [5.41, 5.74) is 0. The molecule has 1 unspecified atom stereocenters. The molecule has 14 heavy (non-hydrogen) atoms. The fourth-order valence-electron chi connectivity index (χ4n) is 0.797. The van der Waals surface area contributed by atoms with Crippen LogP contribution in [0.1, 0.15) is 6.92 Å². The Bertz CT molecular complexity index is 362. The minimum absolute atomic E-state index is 0.146. The van der Waals surface area contributed by atoms with Gasteiger partial charge in [-0.1, -0.05) is 17.5 Å². The summed E-state index contributed by atoms with van der Waals surface area (Å²) in [5, 5.41) is 3.35.